The van der Waals surface area contributed by atoms with E-state index in [1.807, 2.05) is 0 Å². The lowest BCUT2D eigenvalue weighted by molar-refractivity contribution is 0.0917. The zero-order chi connectivity index (χ0) is 21.1. The van der Waals surface area contributed by atoms with Gasteiger partial charge < -0.3 is 5.32 Å². The fraction of sp³-hybridized carbons (Fsp3) is 0.312. The summed E-state index contributed by atoms with van der Waals surface area (Å²) < 4.78 is 24.5. The third kappa shape index (κ3) is 4.18. The predicted octanol–water partition coefficient (Wildman–Crippen LogP) is 1.90. The zero-order valence-corrected chi connectivity index (χ0v) is 17.0. The Morgan fingerprint density at radius 2 is 1.97 bits per heavy atom. The maximum absolute atomic E-state index is 12.5. The third-order valence-corrected chi connectivity index (χ3v) is 7.48. The van der Waals surface area contributed by atoms with Gasteiger partial charge in [0.15, 0.2) is 10.9 Å². The molecule has 3 N–H and O–H groups in total. The number of sulfone groups is 1. The number of nitrogens with zero attached hydrogens (tertiary/aromatic N) is 5. The van der Waals surface area contributed by atoms with E-state index in [4.69, 9.17) is 0 Å². The van der Waals surface area contributed by atoms with Gasteiger partial charge in [0, 0.05) is 17.8 Å². The Morgan fingerprint density at radius 3 is 2.70 bits per heavy atom. The van der Waals surface area contributed by atoms with Crippen LogP contribution < -0.4 is 10.6 Å². The van der Waals surface area contributed by atoms with Crippen LogP contribution in [-0.2, 0) is 9.84 Å². The van der Waals surface area contributed by atoms with Crippen LogP contribution in [0.2, 0.25) is 0 Å². The van der Waals surface area contributed by atoms with Gasteiger partial charge >= 0.3 is 6.03 Å². The number of hydrogen-bond acceptors (Lipinski definition) is 10. The molecule has 0 aromatic carbocycles. The second-order valence-corrected chi connectivity index (χ2v) is 9.67. The summed E-state index contributed by atoms with van der Waals surface area (Å²) in [6.07, 6.45) is 6.35. The summed E-state index contributed by atoms with van der Waals surface area (Å²) in [6.45, 7) is 0. The van der Waals surface area contributed by atoms with Gasteiger partial charge in [-0.25, -0.2) is 23.3 Å². The van der Waals surface area contributed by atoms with E-state index >= 15 is 0 Å². The lowest BCUT2D eigenvalue weighted by Crippen LogP contribution is -2.20. The fourth-order valence-electron chi connectivity index (χ4n) is 3.10. The lowest BCUT2D eigenvalue weighted by atomic mass is 9.99. The molecule has 0 radical (unpaired) electrons. The van der Waals surface area contributed by atoms with Crippen molar-refractivity contribution >= 4 is 43.8 Å². The highest BCUT2D eigenvalue weighted by Gasteiger charge is 2.26. The normalized spacial score (nSPS) is 14.5. The van der Waals surface area contributed by atoms with E-state index in [0.29, 0.717) is 11.4 Å². The number of ketones is 1. The van der Waals surface area contributed by atoms with Gasteiger partial charge in [-0.15, -0.1) is 0 Å². The average Bonchev–Trinajstić information content (AvgIpc) is 3.49. The Balaban J connectivity index is 1.41. The molecule has 1 aliphatic rings. The van der Waals surface area contributed by atoms with Crippen molar-refractivity contribution in [1.82, 2.24) is 30.6 Å². The number of carbonyl (C=O) groups is 2. The molecule has 30 heavy (non-hydrogen) atoms. The van der Waals surface area contributed by atoms with E-state index in [1.165, 1.54) is 12.3 Å². The molecule has 1 aliphatic carbocycles. The maximum atomic E-state index is 12.5. The summed E-state index contributed by atoms with van der Waals surface area (Å²) in [4.78, 5) is 32.8. The van der Waals surface area contributed by atoms with Crippen LogP contribution >= 0.6 is 11.3 Å². The first-order valence-corrected chi connectivity index (χ1v) is 11.3. The zero-order valence-electron chi connectivity index (χ0n) is 15.4. The second-order valence-electron chi connectivity index (χ2n) is 6.55. The number of urea groups is 1. The number of aromatic nitrogens is 6. The molecule has 0 aliphatic heterocycles. The van der Waals surface area contributed by atoms with Crippen LogP contribution in [0, 0.1) is 5.92 Å². The van der Waals surface area contributed by atoms with Gasteiger partial charge in [-0.2, -0.15) is 0 Å². The minimum Gasteiger partial charge on any atom is -0.308 e. The Morgan fingerprint density at radius 1 is 1.17 bits per heavy atom. The number of hydrogen-bond donors (Lipinski definition) is 3. The summed E-state index contributed by atoms with van der Waals surface area (Å²) in [6, 6.07) is 2.44. The van der Waals surface area contributed by atoms with Crippen LogP contribution in [0.5, 0.6) is 0 Å². The molecule has 2 amide bonds. The highest BCUT2D eigenvalue weighted by atomic mass is 32.2. The largest absolute Gasteiger partial charge is 0.325 e. The van der Waals surface area contributed by atoms with Crippen LogP contribution in [0.25, 0.3) is 0 Å². The van der Waals surface area contributed by atoms with Gasteiger partial charge in [-0.1, -0.05) is 29.3 Å². The van der Waals surface area contributed by atoms with E-state index in [-0.39, 0.29) is 21.0 Å². The Hall–Kier alpha value is -3.26. The van der Waals surface area contributed by atoms with Crippen molar-refractivity contribution in [3.63, 3.8) is 0 Å². The van der Waals surface area contributed by atoms with E-state index in [0.717, 1.165) is 43.2 Å². The molecule has 14 heteroatoms. The number of pyridine rings is 1. The van der Waals surface area contributed by atoms with Crippen molar-refractivity contribution in [1.29, 1.82) is 0 Å². The molecule has 1 saturated carbocycles. The summed E-state index contributed by atoms with van der Waals surface area (Å²) in [5, 5.41) is 16.7. The lowest BCUT2D eigenvalue weighted by Gasteiger charge is -2.09. The minimum atomic E-state index is -3.95. The fourth-order valence-corrected chi connectivity index (χ4v) is 5.25. The summed E-state index contributed by atoms with van der Waals surface area (Å²) in [5.74, 6) is -0.0370. The summed E-state index contributed by atoms with van der Waals surface area (Å²) in [7, 11) is -3.95. The molecule has 0 saturated heterocycles. The number of tetrazole rings is 1. The van der Waals surface area contributed by atoms with Crippen molar-refractivity contribution in [2.45, 2.75) is 35.0 Å². The van der Waals surface area contributed by atoms with E-state index in [2.05, 4.69) is 41.2 Å². The van der Waals surface area contributed by atoms with Gasteiger partial charge in [-0.3, -0.25) is 15.1 Å². The Bertz CT molecular complexity index is 1170. The van der Waals surface area contributed by atoms with Gasteiger partial charge in [0.25, 0.3) is 15.0 Å². The van der Waals surface area contributed by atoms with Gasteiger partial charge in [0.05, 0.1) is 6.20 Å². The second kappa shape index (κ2) is 8.23. The Kier molecular flexibility index (Phi) is 5.50. The van der Waals surface area contributed by atoms with Crippen LogP contribution in [0.15, 0.2) is 33.9 Å². The molecule has 0 bridgehead atoms. The average molecular weight is 448 g/mol. The Labute approximate surface area is 174 Å². The molecule has 1 fully saturated rings. The summed E-state index contributed by atoms with van der Waals surface area (Å²) in [5.41, 5.74) is 0.698. The number of nitrogens with one attached hydrogen (secondary N) is 3. The monoisotopic (exact) mass is 448 g/mol. The molecule has 3 aromatic rings. The molecule has 12 nitrogen and oxygen atoms in total. The smallest absolute Gasteiger partial charge is 0.308 e. The van der Waals surface area contributed by atoms with Crippen LogP contribution in [0.4, 0.5) is 15.6 Å². The van der Waals surface area contributed by atoms with E-state index in [1.54, 1.807) is 6.07 Å². The third-order valence-electron chi connectivity index (χ3n) is 4.55. The number of carbonyl (C=O) groups excluding carboxylic acids is 2. The van der Waals surface area contributed by atoms with Crippen molar-refractivity contribution in [3.05, 3.63) is 30.2 Å². The standard InChI is InChI=1S/C16H16N8O4S2/c25-13(9-3-1-2-4-9)11-7-10(5-6-17-11)19-14(26)20-15-18-8-12(29-15)30(27,28)16-21-23-24-22-16/h5-9H,1-4H2,(H,21,22,23,24)(H2,17,18,19,20,26). The number of Topliss-reactive ketones (excluding diaryl/α,β-unsaturated/α-hetero) is 1. The number of amides is 2. The SMILES string of the molecule is O=C(Nc1ccnc(C(=O)C2CCCC2)c1)Nc1ncc(S(=O)(=O)c2nnn[nH]2)s1. The van der Waals surface area contributed by atoms with Crippen molar-refractivity contribution in [2.75, 3.05) is 10.6 Å². The van der Waals surface area contributed by atoms with Crippen molar-refractivity contribution in [3.8, 4) is 0 Å². The van der Waals surface area contributed by atoms with Gasteiger partial charge in [-0.05, 0) is 35.4 Å². The maximum Gasteiger partial charge on any atom is 0.325 e. The van der Waals surface area contributed by atoms with Crippen LogP contribution in [0.3, 0.4) is 0 Å². The first-order valence-electron chi connectivity index (χ1n) is 8.96. The molecule has 4 rings (SSSR count). The molecule has 0 atom stereocenters. The van der Waals surface area contributed by atoms with Crippen LogP contribution in [0.1, 0.15) is 36.2 Å². The van der Waals surface area contributed by atoms with Gasteiger partial charge in [0.2, 0.25) is 0 Å². The molecule has 156 valence electrons. The number of aromatic amines is 1. The predicted molar refractivity (Wildman–Crippen MR) is 105 cm³/mol. The minimum absolute atomic E-state index is 0.0168. The number of thiazole rings is 1. The van der Waals surface area contributed by atoms with Crippen molar-refractivity contribution < 1.29 is 18.0 Å². The van der Waals surface area contributed by atoms with Crippen molar-refractivity contribution in [2.24, 2.45) is 5.92 Å². The first kappa shape index (κ1) is 20.0. The first-order chi connectivity index (χ1) is 14.4. The topological polar surface area (TPSA) is 173 Å². The molecular weight excluding hydrogens is 432 g/mol. The molecule has 0 unspecified atom stereocenters. The van der Waals surface area contributed by atoms with E-state index in [9.17, 15) is 18.0 Å². The van der Waals surface area contributed by atoms with E-state index < -0.39 is 21.0 Å². The molecule has 0 spiro atoms. The van der Waals surface area contributed by atoms with Gasteiger partial charge in [0.1, 0.15) is 9.90 Å². The highest BCUT2D eigenvalue weighted by molar-refractivity contribution is 7.93. The number of H-pyrrole nitrogens is 1. The molecule has 3 aromatic heterocycles. The molecular formula is C16H16N8O4S2. The number of rotatable bonds is 6. The van der Waals surface area contributed by atoms with Crippen LogP contribution in [-0.4, -0.2) is 50.8 Å². The number of anilines is 2. The quantitative estimate of drug-likeness (QED) is 0.476. The summed E-state index contributed by atoms with van der Waals surface area (Å²) >= 11 is 0.749. The highest BCUT2D eigenvalue weighted by Crippen LogP contribution is 2.28. The molecule has 3 heterocycles.